The van der Waals surface area contributed by atoms with E-state index in [1.54, 1.807) is 0 Å². The van der Waals surface area contributed by atoms with Gasteiger partial charge in [-0.2, -0.15) is 0 Å². The molecule has 3 N–H and O–H groups in total. The molecule has 1 aliphatic heterocycles. The molecule has 21 heavy (non-hydrogen) atoms. The summed E-state index contributed by atoms with van der Waals surface area (Å²) in [5.74, 6) is 0.806. The van der Waals surface area contributed by atoms with Crippen LogP contribution in [0.1, 0.15) is 24.8 Å². The third kappa shape index (κ3) is 2.71. The summed E-state index contributed by atoms with van der Waals surface area (Å²) in [5.41, 5.74) is 7.62. The number of nitrogens with two attached hydrogens (primary N) is 1. The predicted octanol–water partition coefficient (Wildman–Crippen LogP) is 2.22. The summed E-state index contributed by atoms with van der Waals surface area (Å²) in [7, 11) is 0. The molecule has 1 aromatic carbocycles. The molecule has 1 fully saturated rings. The number of anilines is 1. The maximum atomic E-state index is 9.63. The van der Waals surface area contributed by atoms with Crippen molar-refractivity contribution in [3.63, 3.8) is 0 Å². The number of nitrogens with zero attached hydrogens (tertiary/aromatic N) is 2. The van der Waals surface area contributed by atoms with Crippen molar-refractivity contribution >= 4 is 33.9 Å². The van der Waals surface area contributed by atoms with Crippen LogP contribution in [0.3, 0.4) is 0 Å². The van der Waals surface area contributed by atoms with Gasteiger partial charge in [-0.1, -0.05) is 30.4 Å². The second-order valence-corrected chi connectivity index (χ2v) is 5.88. The molecule has 0 radical (unpaired) electrons. The zero-order valence-corrected chi connectivity index (χ0v) is 12.6. The minimum Gasteiger partial charge on any atom is -0.394 e. The SMILES string of the molecule is NC(=S)c1cc2ccccc2nc1N1CCCCC1CO. The van der Waals surface area contributed by atoms with Gasteiger partial charge in [-0.15, -0.1) is 0 Å². The maximum absolute atomic E-state index is 9.63. The Morgan fingerprint density at radius 2 is 2.19 bits per heavy atom. The zero-order valence-electron chi connectivity index (χ0n) is 11.8. The molecule has 2 aromatic rings. The van der Waals surface area contributed by atoms with Crippen molar-refractivity contribution in [2.24, 2.45) is 5.73 Å². The van der Waals surface area contributed by atoms with E-state index in [2.05, 4.69) is 4.90 Å². The monoisotopic (exact) mass is 301 g/mol. The number of pyridine rings is 1. The summed E-state index contributed by atoms with van der Waals surface area (Å²) in [6.07, 6.45) is 3.21. The Balaban J connectivity index is 2.14. The van der Waals surface area contributed by atoms with Gasteiger partial charge >= 0.3 is 0 Å². The number of aliphatic hydroxyl groups excluding tert-OH is 1. The highest BCUT2D eigenvalue weighted by Gasteiger charge is 2.25. The van der Waals surface area contributed by atoms with Gasteiger partial charge in [-0.3, -0.25) is 0 Å². The lowest BCUT2D eigenvalue weighted by molar-refractivity contribution is 0.239. The van der Waals surface area contributed by atoms with Gasteiger partial charge in [0.05, 0.1) is 23.7 Å². The van der Waals surface area contributed by atoms with E-state index in [0.29, 0.717) is 4.99 Å². The Labute approximate surface area is 129 Å². The first-order valence-corrected chi connectivity index (χ1v) is 7.68. The van der Waals surface area contributed by atoms with Gasteiger partial charge in [0.15, 0.2) is 0 Å². The van der Waals surface area contributed by atoms with Crippen molar-refractivity contribution < 1.29 is 5.11 Å². The lowest BCUT2D eigenvalue weighted by atomic mass is 10.0. The zero-order chi connectivity index (χ0) is 14.8. The third-order valence-corrected chi connectivity index (χ3v) is 4.30. The van der Waals surface area contributed by atoms with Crippen molar-refractivity contribution in [2.45, 2.75) is 25.3 Å². The number of hydrogen-bond donors (Lipinski definition) is 2. The highest BCUT2D eigenvalue weighted by atomic mass is 32.1. The van der Waals surface area contributed by atoms with Crippen molar-refractivity contribution in [2.75, 3.05) is 18.1 Å². The highest BCUT2D eigenvalue weighted by Crippen LogP contribution is 2.29. The lowest BCUT2D eigenvalue weighted by Gasteiger charge is -2.36. The molecule has 0 saturated carbocycles. The fourth-order valence-corrected chi connectivity index (χ4v) is 3.13. The first-order valence-electron chi connectivity index (χ1n) is 7.28. The summed E-state index contributed by atoms with van der Waals surface area (Å²) in [6, 6.07) is 10.0. The number of para-hydroxylation sites is 1. The minimum absolute atomic E-state index is 0.0977. The number of thiocarbonyl (C=S) groups is 1. The average Bonchev–Trinajstić information content (AvgIpc) is 2.53. The van der Waals surface area contributed by atoms with Gasteiger partial charge < -0.3 is 15.7 Å². The van der Waals surface area contributed by atoms with E-state index in [1.807, 2.05) is 30.3 Å². The summed E-state index contributed by atoms with van der Waals surface area (Å²) in [4.78, 5) is 7.28. The minimum atomic E-state index is 0.0977. The summed E-state index contributed by atoms with van der Waals surface area (Å²) < 4.78 is 0. The van der Waals surface area contributed by atoms with Crippen molar-refractivity contribution in [1.82, 2.24) is 4.98 Å². The topological polar surface area (TPSA) is 62.4 Å². The van der Waals surface area contributed by atoms with Crippen LogP contribution in [-0.4, -0.2) is 34.3 Å². The third-order valence-electron chi connectivity index (χ3n) is 4.08. The van der Waals surface area contributed by atoms with Crippen LogP contribution in [0.5, 0.6) is 0 Å². The Kier molecular flexibility index (Phi) is 4.03. The molecular formula is C16H19N3OS. The van der Waals surface area contributed by atoms with E-state index in [0.717, 1.165) is 48.1 Å². The van der Waals surface area contributed by atoms with Crippen LogP contribution < -0.4 is 10.6 Å². The molecule has 1 atom stereocenters. The number of benzene rings is 1. The molecular weight excluding hydrogens is 282 g/mol. The highest BCUT2D eigenvalue weighted by molar-refractivity contribution is 7.80. The fraction of sp³-hybridized carbons (Fsp3) is 0.375. The molecule has 2 heterocycles. The van der Waals surface area contributed by atoms with Crippen LogP contribution in [0.25, 0.3) is 10.9 Å². The van der Waals surface area contributed by atoms with E-state index in [1.165, 1.54) is 0 Å². The van der Waals surface area contributed by atoms with Gasteiger partial charge in [-0.05, 0) is 31.4 Å². The molecule has 0 spiro atoms. The number of aliphatic hydroxyl groups is 1. The Morgan fingerprint density at radius 1 is 1.38 bits per heavy atom. The molecule has 0 amide bonds. The van der Waals surface area contributed by atoms with E-state index >= 15 is 0 Å². The van der Waals surface area contributed by atoms with Crippen LogP contribution in [-0.2, 0) is 0 Å². The average molecular weight is 301 g/mol. The number of aromatic nitrogens is 1. The quantitative estimate of drug-likeness (QED) is 0.851. The molecule has 0 bridgehead atoms. The smallest absolute Gasteiger partial charge is 0.139 e. The van der Waals surface area contributed by atoms with Crippen molar-refractivity contribution in [3.05, 3.63) is 35.9 Å². The Bertz CT molecular complexity index is 674. The molecule has 110 valence electrons. The fourth-order valence-electron chi connectivity index (χ4n) is 2.98. The van der Waals surface area contributed by atoms with Crippen LogP contribution in [0.15, 0.2) is 30.3 Å². The number of hydrogen-bond acceptors (Lipinski definition) is 4. The Hall–Kier alpha value is -1.72. The standard InChI is InChI=1S/C16H19N3OS/c17-15(21)13-9-11-5-1-2-7-14(11)18-16(13)19-8-4-3-6-12(19)10-20/h1-2,5,7,9,12,20H,3-4,6,8,10H2,(H2,17,21). The van der Waals surface area contributed by atoms with Gasteiger partial charge in [0.2, 0.25) is 0 Å². The van der Waals surface area contributed by atoms with E-state index in [4.69, 9.17) is 22.9 Å². The van der Waals surface area contributed by atoms with Crippen LogP contribution in [0.2, 0.25) is 0 Å². The van der Waals surface area contributed by atoms with Crippen LogP contribution >= 0.6 is 12.2 Å². The first kappa shape index (κ1) is 14.2. The Morgan fingerprint density at radius 3 is 2.95 bits per heavy atom. The molecule has 1 aromatic heterocycles. The van der Waals surface area contributed by atoms with Crippen LogP contribution in [0.4, 0.5) is 5.82 Å². The summed E-state index contributed by atoms with van der Waals surface area (Å²) in [5, 5.41) is 10.7. The normalized spacial score (nSPS) is 18.9. The molecule has 1 saturated heterocycles. The van der Waals surface area contributed by atoms with Gasteiger partial charge in [0.25, 0.3) is 0 Å². The predicted molar refractivity (Wildman–Crippen MR) is 89.7 cm³/mol. The van der Waals surface area contributed by atoms with Crippen LogP contribution in [0, 0.1) is 0 Å². The molecule has 3 rings (SSSR count). The summed E-state index contributed by atoms with van der Waals surface area (Å²) >= 11 is 5.21. The second-order valence-electron chi connectivity index (χ2n) is 5.44. The number of fused-ring (bicyclic) bond motifs is 1. The molecule has 4 nitrogen and oxygen atoms in total. The lowest BCUT2D eigenvalue weighted by Crippen LogP contribution is -2.43. The summed E-state index contributed by atoms with van der Waals surface area (Å²) in [6.45, 7) is 1.01. The first-order chi connectivity index (χ1) is 10.2. The van der Waals surface area contributed by atoms with Gasteiger partial charge in [0, 0.05) is 11.9 Å². The van der Waals surface area contributed by atoms with Crippen molar-refractivity contribution in [3.8, 4) is 0 Å². The molecule has 1 unspecified atom stereocenters. The van der Waals surface area contributed by atoms with E-state index in [9.17, 15) is 5.11 Å². The van der Waals surface area contributed by atoms with Gasteiger partial charge in [0.1, 0.15) is 10.8 Å². The largest absolute Gasteiger partial charge is 0.394 e. The van der Waals surface area contributed by atoms with Crippen molar-refractivity contribution in [1.29, 1.82) is 0 Å². The molecule has 1 aliphatic rings. The number of rotatable bonds is 3. The second kappa shape index (κ2) is 5.95. The van der Waals surface area contributed by atoms with E-state index in [-0.39, 0.29) is 12.6 Å². The van der Waals surface area contributed by atoms with Gasteiger partial charge in [-0.25, -0.2) is 4.98 Å². The molecule has 5 heteroatoms. The maximum Gasteiger partial charge on any atom is 0.139 e. The van der Waals surface area contributed by atoms with E-state index < -0.39 is 0 Å². The number of piperidine rings is 1. The molecule has 0 aliphatic carbocycles.